The highest BCUT2D eigenvalue weighted by molar-refractivity contribution is 7.80. The van der Waals surface area contributed by atoms with Crippen molar-refractivity contribution in [2.45, 2.75) is 45.1 Å². The highest BCUT2D eigenvalue weighted by Crippen LogP contribution is 2.34. The lowest BCUT2D eigenvalue weighted by Crippen LogP contribution is -2.58. The summed E-state index contributed by atoms with van der Waals surface area (Å²) in [7, 11) is 0. The molecule has 0 atom stereocenters. The summed E-state index contributed by atoms with van der Waals surface area (Å²) < 4.78 is 0. The molecule has 0 saturated heterocycles. The third-order valence-corrected chi connectivity index (χ3v) is 6.14. The second-order valence-corrected chi connectivity index (χ2v) is 7.34. The quantitative estimate of drug-likeness (QED) is 0.831. The van der Waals surface area contributed by atoms with Gasteiger partial charge in [0.15, 0.2) is 0 Å². The van der Waals surface area contributed by atoms with E-state index in [1.54, 1.807) is 0 Å². The molecule has 1 aliphatic rings. The summed E-state index contributed by atoms with van der Waals surface area (Å²) in [5, 5.41) is 5.45. The molecule has 0 spiro atoms. The van der Waals surface area contributed by atoms with Crippen molar-refractivity contribution in [3.63, 3.8) is 0 Å². The number of nitrogens with one attached hydrogen (secondary N) is 1. The Balaban J connectivity index is 2.19. The van der Waals surface area contributed by atoms with E-state index < -0.39 is 5.54 Å². The molecule has 0 aromatic carbocycles. The molecule has 3 N–H and O–H groups in total. The van der Waals surface area contributed by atoms with Gasteiger partial charge in [-0.15, -0.1) is 11.3 Å². The smallest absolute Gasteiger partial charge is 0.263 e. The van der Waals surface area contributed by atoms with E-state index in [0.29, 0.717) is 20.8 Å². The molecule has 0 aliphatic heterocycles. The summed E-state index contributed by atoms with van der Waals surface area (Å²) in [6, 6.07) is 0. The summed E-state index contributed by atoms with van der Waals surface area (Å²) in [6.45, 7) is 4.10. The van der Waals surface area contributed by atoms with E-state index in [2.05, 4.69) is 12.2 Å². The molecule has 110 valence electrons. The number of hydrogen-bond acceptors (Lipinski definition) is 3. The van der Waals surface area contributed by atoms with Crippen molar-refractivity contribution in [3.8, 4) is 0 Å². The number of aryl methyl sites for hydroxylation is 1. The molecule has 1 saturated carbocycles. The van der Waals surface area contributed by atoms with Gasteiger partial charge in [0.25, 0.3) is 5.91 Å². The molecule has 6 heteroatoms. The van der Waals surface area contributed by atoms with Crippen LogP contribution in [-0.2, 0) is 0 Å². The van der Waals surface area contributed by atoms with Crippen LogP contribution in [0.4, 0.5) is 0 Å². The van der Waals surface area contributed by atoms with Gasteiger partial charge in [-0.2, -0.15) is 0 Å². The largest absolute Gasteiger partial charge is 0.391 e. The van der Waals surface area contributed by atoms with E-state index in [9.17, 15) is 4.79 Å². The minimum absolute atomic E-state index is 0.171. The second-order valence-electron chi connectivity index (χ2n) is 5.64. The first kappa shape index (κ1) is 15.7. The van der Waals surface area contributed by atoms with Gasteiger partial charge in [0.2, 0.25) is 0 Å². The molecule has 1 fully saturated rings. The second kappa shape index (κ2) is 6.00. The normalized spacial score (nSPS) is 26.2. The van der Waals surface area contributed by atoms with Gasteiger partial charge in [-0.05, 0) is 49.5 Å². The minimum Gasteiger partial charge on any atom is -0.391 e. The Morgan fingerprint density at radius 3 is 2.60 bits per heavy atom. The Morgan fingerprint density at radius 2 is 2.15 bits per heavy atom. The molecule has 0 radical (unpaired) electrons. The number of rotatable bonds is 3. The first-order valence-corrected chi connectivity index (χ1v) is 8.38. The van der Waals surface area contributed by atoms with E-state index in [1.807, 2.05) is 12.3 Å². The molecular weight excluding hydrogens is 312 g/mol. The average Bonchev–Trinajstić information content (AvgIpc) is 2.73. The predicted molar refractivity (Wildman–Crippen MR) is 88.7 cm³/mol. The van der Waals surface area contributed by atoms with Crippen LogP contribution in [0.15, 0.2) is 5.38 Å². The average molecular weight is 331 g/mol. The number of halogens is 1. The Kier molecular flexibility index (Phi) is 4.72. The molecule has 3 nitrogen and oxygen atoms in total. The summed E-state index contributed by atoms with van der Waals surface area (Å²) in [5.74, 6) is 0.484. The summed E-state index contributed by atoms with van der Waals surface area (Å²) >= 11 is 12.7. The van der Waals surface area contributed by atoms with E-state index in [-0.39, 0.29) is 5.91 Å². The fourth-order valence-corrected chi connectivity index (χ4v) is 3.97. The molecule has 1 aliphatic carbocycles. The zero-order valence-corrected chi connectivity index (χ0v) is 14.1. The van der Waals surface area contributed by atoms with Gasteiger partial charge in [0.1, 0.15) is 4.88 Å². The number of thiophene rings is 1. The van der Waals surface area contributed by atoms with Gasteiger partial charge < -0.3 is 11.1 Å². The Labute approximate surface area is 133 Å². The van der Waals surface area contributed by atoms with E-state index in [0.717, 1.165) is 31.2 Å². The van der Waals surface area contributed by atoms with Crippen LogP contribution >= 0.6 is 35.2 Å². The monoisotopic (exact) mass is 330 g/mol. The van der Waals surface area contributed by atoms with Crippen LogP contribution in [0.1, 0.15) is 47.8 Å². The molecule has 0 unspecified atom stereocenters. The summed E-state index contributed by atoms with van der Waals surface area (Å²) in [5.41, 5.74) is 6.27. The Morgan fingerprint density at radius 1 is 1.55 bits per heavy atom. The molecule has 1 aromatic rings. The van der Waals surface area contributed by atoms with Crippen molar-refractivity contribution in [2.24, 2.45) is 11.7 Å². The molecule has 1 aromatic heterocycles. The zero-order chi connectivity index (χ0) is 14.9. The van der Waals surface area contributed by atoms with Crippen molar-refractivity contribution in [3.05, 3.63) is 20.8 Å². The summed E-state index contributed by atoms with van der Waals surface area (Å²) in [4.78, 5) is 13.4. The number of carbonyl (C=O) groups is 1. The fourth-order valence-electron chi connectivity index (χ4n) is 2.55. The number of amides is 1. The van der Waals surface area contributed by atoms with Gasteiger partial charge in [-0.25, -0.2) is 0 Å². The van der Waals surface area contributed by atoms with Crippen LogP contribution in [0.25, 0.3) is 0 Å². The van der Waals surface area contributed by atoms with Crippen molar-refractivity contribution >= 4 is 46.1 Å². The van der Waals surface area contributed by atoms with Gasteiger partial charge in [-0.1, -0.05) is 30.7 Å². The van der Waals surface area contributed by atoms with Gasteiger partial charge in [-0.3, -0.25) is 4.79 Å². The summed E-state index contributed by atoms with van der Waals surface area (Å²) in [6.07, 6.45) is 3.65. The van der Waals surface area contributed by atoms with E-state index in [4.69, 9.17) is 29.6 Å². The molecule has 20 heavy (non-hydrogen) atoms. The first-order chi connectivity index (χ1) is 9.35. The SMILES string of the molecule is Cc1csc(C(=O)NC2(C(N)=S)CCC(C)CC2)c1Cl. The minimum atomic E-state index is -0.555. The third kappa shape index (κ3) is 3.00. The lowest BCUT2D eigenvalue weighted by molar-refractivity contribution is 0.0905. The van der Waals surface area contributed by atoms with Crippen LogP contribution in [0.3, 0.4) is 0 Å². The fraction of sp³-hybridized carbons (Fsp3) is 0.571. The highest BCUT2D eigenvalue weighted by Gasteiger charge is 2.39. The van der Waals surface area contributed by atoms with Crippen molar-refractivity contribution < 1.29 is 4.79 Å². The maximum Gasteiger partial charge on any atom is 0.263 e. The standard InChI is InChI=1S/C14H19ClN2OS2/c1-8-3-5-14(6-4-8,13(16)19)17-12(18)11-10(15)9(2)7-20-11/h7-8H,3-6H2,1-2H3,(H2,16,19)(H,17,18). The van der Waals surface area contributed by atoms with Crippen LogP contribution < -0.4 is 11.1 Å². The number of hydrogen-bond donors (Lipinski definition) is 2. The number of carbonyl (C=O) groups excluding carboxylic acids is 1. The third-order valence-electron chi connectivity index (χ3n) is 4.06. The Hall–Kier alpha value is -0.650. The zero-order valence-electron chi connectivity index (χ0n) is 11.7. The lowest BCUT2D eigenvalue weighted by atomic mass is 9.77. The van der Waals surface area contributed by atoms with E-state index in [1.165, 1.54) is 11.3 Å². The maximum atomic E-state index is 12.4. The number of thiocarbonyl (C=S) groups is 1. The van der Waals surface area contributed by atoms with Crippen molar-refractivity contribution in [1.29, 1.82) is 0 Å². The van der Waals surface area contributed by atoms with Gasteiger partial charge >= 0.3 is 0 Å². The molecule has 1 amide bonds. The van der Waals surface area contributed by atoms with Crippen LogP contribution in [0, 0.1) is 12.8 Å². The molecule has 1 heterocycles. The van der Waals surface area contributed by atoms with Gasteiger partial charge in [0.05, 0.1) is 15.6 Å². The lowest BCUT2D eigenvalue weighted by Gasteiger charge is -2.39. The van der Waals surface area contributed by atoms with Crippen LogP contribution in [-0.4, -0.2) is 16.4 Å². The highest BCUT2D eigenvalue weighted by atomic mass is 35.5. The van der Waals surface area contributed by atoms with Gasteiger partial charge in [0, 0.05) is 0 Å². The first-order valence-electron chi connectivity index (χ1n) is 6.72. The van der Waals surface area contributed by atoms with Crippen molar-refractivity contribution in [1.82, 2.24) is 5.32 Å². The van der Waals surface area contributed by atoms with Crippen LogP contribution in [0.2, 0.25) is 5.02 Å². The number of nitrogens with two attached hydrogens (primary N) is 1. The molecular formula is C14H19ClN2OS2. The topological polar surface area (TPSA) is 55.1 Å². The predicted octanol–water partition coefficient (Wildman–Crippen LogP) is 3.67. The maximum absolute atomic E-state index is 12.4. The molecule has 0 bridgehead atoms. The Bertz CT molecular complexity index is 533. The van der Waals surface area contributed by atoms with Crippen molar-refractivity contribution in [2.75, 3.05) is 0 Å². The van der Waals surface area contributed by atoms with E-state index >= 15 is 0 Å². The molecule has 2 rings (SSSR count). The van der Waals surface area contributed by atoms with Crippen LogP contribution in [0.5, 0.6) is 0 Å².